The largest absolute Gasteiger partial charge is 0.493 e. The summed E-state index contributed by atoms with van der Waals surface area (Å²) >= 11 is 0. The summed E-state index contributed by atoms with van der Waals surface area (Å²) in [5, 5.41) is 2.84. The van der Waals surface area contributed by atoms with Crippen molar-refractivity contribution < 1.29 is 19.1 Å². The highest BCUT2D eigenvalue weighted by molar-refractivity contribution is 5.94. The molecular formula is C16H20N2O4. The molecule has 0 radical (unpaired) electrons. The van der Waals surface area contributed by atoms with Crippen molar-refractivity contribution in [1.82, 2.24) is 10.2 Å². The van der Waals surface area contributed by atoms with E-state index in [1.54, 1.807) is 11.0 Å². The van der Waals surface area contributed by atoms with E-state index in [1.165, 1.54) is 0 Å². The summed E-state index contributed by atoms with van der Waals surface area (Å²) in [5.74, 6) is 0.748. The number of ether oxygens (including phenoxy) is 2. The Morgan fingerprint density at radius 2 is 2.09 bits per heavy atom. The van der Waals surface area contributed by atoms with Gasteiger partial charge in [-0.1, -0.05) is 0 Å². The molecule has 0 unspecified atom stereocenters. The van der Waals surface area contributed by atoms with Gasteiger partial charge in [0.25, 0.3) is 5.91 Å². The molecule has 2 amide bonds. The monoisotopic (exact) mass is 304 g/mol. The van der Waals surface area contributed by atoms with Crippen molar-refractivity contribution in [2.75, 3.05) is 32.8 Å². The summed E-state index contributed by atoms with van der Waals surface area (Å²) in [7, 11) is 0. The third kappa shape index (κ3) is 3.32. The van der Waals surface area contributed by atoms with Crippen LogP contribution in [0.2, 0.25) is 0 Å². The van der Waals surface area contributed by atoms with Crippen LogP contribution in [-0.2, 0) is 11.2 Å². The lowest BCUT2D eigenvalue weighted by Gasteiger charge is -2.26. The van der Waals surface area contributed by atoms with Crippen molar-refractivity contribution in [1.29, 1.82) is 0 Å². The molecule has 1 saturated heterocycles. The van der Waals surface area contributed by atoms with E-state index >= 15 is 0 Å². The number of nitrogens with one attached hydrogen (secondary N) is 1. The van der Waals surface area contributed by atoms with Gasteiger partial charge >= 0.3 is 6.09 Å². The van der Waals surface area contributed by atoms with Gasteiger partial charge < -0.3 is 19.7 Å². The SMILES string of the molecule is O=C(NCCN1CCCOC1=O)c1ccc2c(c1)CCCO2. The number of carbonyl (C=O) groups excluding carboxylic acids is 2. The highest BCUT2D eigenvalue weighted by Crippen LogP contribution is 2.25. The molecule has 2 heterocycles. The molecule has 1 fully saturated rings. The summed E-state index contributed by atoms with van der Waals surface area (Å²) in [6.07, 6.45) is 2.46. The maximum Gasteiger partial charge on any atom is 0.409 e. The number of benzene rings is 1. The van der Waals surface area contributed by atoms with Crippen LogP contribution in [0.3, 0.4) is 0 Å². The third-order valence-corrected chi connectivity index (χ3v) is 3.89. The van der Waals surface area contributed by atoms with Crippen LogP contribution in [0.25, 0.3) is 0 Å². The molecule has 6 heteroatoms. The minimum Gasteiger partial charge on any atom is -0.493 e. The molecule has 1 N–H and O–H groups in total. The van der Waals surface area contributed by atoms with E-state index in [0.717, 1.165) is 37.2 Å². The molecule has 0 saturated carbocycles. The van der Waals surface area contributed by atoms with Crippen LogP contribution in [0.1, 0.15) is 28.8 Å². The number of rotatable bonds is 4. The number of nitrogens with zero attached hydrogens (tertiary/aromatic N) is 1. The van der Waals surface area contributed by atoms with E-state index in [4.69, 9.17) is 9.47 Å². The summed E-state index contributed by atoms with van der Waals surface area (Å²) in [6, 6.07) is 5.51. The predicted molar refractivity (Wildman–Crippen MR) is 80.1 cm³/mol. The second-order valence-electron chi connectivity index (χ2n) is 5.49. The molecule has 118 valence electrons. The van der Waals surface area contributed by atoms with Crippen LogP contribution in [0.4, 0.5) is 4.79 Å². The maximum atomic E-state index is 12.2. The third-order valence-electron chi connectivity index (χ3n) is 3.89. The molecule has 3 rings (SSSR count). The molecule has 0 spiro atoms. The smallest absolute Gasteiger partial charge is 0.409 e. The second-order valence-corrected chi connectivity index (χ2v) is 5.49. The molecule has 2 aliphatic heterocycles. The van der Waals surface area contributed by atoms with E-state index in [-0.39, 0.29) is 12.0 Å². The molecule has 22 heavy (non-hydrogen) atoms. The van der Waals surface area contributed by atoms with E-state index in [9.17, 15) is 9.59 Å². The summed E-state index contributed by atoms with van der Waals surface area (Å²) in [4.78, 5) is 25.3. The summed E-state index contributed by atoms with van der Waals surface area (Å²) in [5.41, 5.74) is 1.71. The van der Waals surface area contributed by atoms with Gasteiger partial charge in [-0.2, -0.15) is 0 Å². The predicted octanol–water partition coefficient (Wildman–Crippen LogP) is 1.58. The van der Waals surface area contributed by atoms with Crippen LogP contribution in [-0.4, -0.2) is 49.7 Å². The number of cyclic esters (lactones) is 1. The van der Waals surface area contributed by atoms with Crippen LogP contribution >= 0.6 is 0 Å². The fourth-order valence-corrected chi connectivity index (χ4v) is 2.71. The van der Waals surface area contributed by atoms with Gasteiger partial charge in [-0.15, -0.1) is 0 Å². The molecule has 1 aromatic rings. The van der Waals surface area contributed by atoms with Crippen LogP contribution in [0.5, 0.6) is 5.75 Å². The Hall–Kier alpha value is -2.24. The van der Waals surface area contributed by atoms with Crippen LogP contribution in [0.15, 0.2) is 18.2 Å². The average Bonchev–Trinajstić information content (AvgIpc) is 2.56. The van der Waals surface area contributed by atoms with Gasteiger partial charge in [0.1, 0.15) is 5.75 Å². The first-order chi connectivity index (χ1) is 10.7. The first-order valence-electron chi connectivity index (χ1n) is 7.70. The van der Waals surface area contributed by atoms with Gasteiger partial charge in [0.15, 0.2) is 0 Å². The number of hydrogen-bond acceptors (Lipinski definition) is 4. The Morgan fingerprint density at radius 3 is 2.95 bits per heavy atom. The lowest BCUT2D eigenvalue weighted by atomic mass is 10.0. The van der Waals surface area contributed by atoms with E-state index in [0.29, 0.717) is 31.8 Å². The zero-order chi connectivity index (χ0) is 15.4. The quantitative estimate of drug-likeness (QED) is 0.917. The number of aryl methyl sites for hydroxylation is 1. The lowest BCUT2D eigenvalue weighted by molar-refractivity contribution is 0.0719. The number of fused-ring (bicyclic) bond motifs is 1. The van der Waals surface area contributed by atoms with E-state index in [1.807, 2.05) is 12.1 Å². The molecule has 0 aromatic heterocycles. The Morgan fingerprint density at radius 1 is 1.23 bits per heavy atom. The molecule has 1 aromatic carbocycles. The highest BCUT2D eigenvalue weighted by atomic mass is 16.6. The summed E-state index contributed by atoms with van der Waals surface area (Å²) < 4.78 is 10.5. The highest BCUT2D eigenvalue weighted by Gasteiger charge is 2.19. The molecule has 0 aliphatic carbocycles. The first-order valence-corrected chi connectivity index (χ1v) is 7.70. The molecule has 6 nitrogen and oxygen atoms in total. The standard InChI is InChI=1S/C16H20N2O4/c19-15(17-6-8-18-7-2-10-22-16(18)20)13-4-5-14-12(11-13)3-1-9-21-14/h4-5,11H,1-3,6-10H2,(H,17,19). The van der Waals surface area contributed by atoms with Crippen LogP contribution < -0.4 is 10.1 Å². The lowest BCUT2D eigenvalue weighted by Crippen LogP contribution is -2.42. The topological polar surface area (TPSA) is 67.9 Å². The first kappa shape index (κ1) is 14.7. The van der Waals surface area contributed by atoms with Crippen molar-refractivity contribution >= 4 is 12.0 Å². The number of amides is 2. The normalized spacial score (nSPS) is 17.3. The minimum absolute atomic E-state index is 0.126. The number of hydrogen-bond donors (Lipinski definition) is 1. The average molecular weight is 304 g/mol. The van der Waals surface area contributed by atoms with Gasteiger partial charge in [0.05, 0.1) is 13.2 Å². The zero-order valence-corrected chi connectivity index (χ0v) is 12.5. The van der Waals surface area contributed by atoms with Gasteiger partial charge in [0.2, 0.25) is 0 Å². The van der Waals surface area contributed by atoms with E-state index < -0.39 is 0 Å². The number of carbonyl (C=O) groups is 2. The van der Waals surface area contributed by atoms with Crippen molar-refractivity contribution in [2.45, 2.75) is 19.3 Å². The Bertz CT molecular complexity index is 573. The van der Waals surface area contributed by atoms with Crippen molar-refractivity contribution in [3.63, 3.8) is 0 Å². The van der Waals surface area contributed by atoms with Gasteiger partial charge in [-0.3, -0.25) is 4.79 Å². The van der Waals surface area contributed by atoms with E-state index in [2.05, 4.69) is 5.32 Å². The Balaban J connectivity index is 1.52. The van der Waals surface area contributed by atoms with Crippen molar-refractivity contribution in [2.24, 2.45) is 0 Å². The minimum atomic E-state index is -0.300. The van der Waals surface area contributed by atoms with Gasteiger partial charge in [-0.25, -0.2) is 4.79 Å². The van der Waals surface area contributed by atoms with Gasteiger partial charge in [0, 0.05) is 25.2 Å². The zero-order valence-electron chi connectivity index (χ0n) is 12.5. The summed E-state index contributed by atoms with van der Waals surface area (Å²) in [6.45, 7) is 2.80. The molecule has 0 bridgehead atoms. The van der Waals surface area contributed by atoms with Crippen molar-refractivity contribution in [3.05, 3.63) is 29.3 Å². The fraction of sp³-hybridized carbons (Fsp3) is 0.500. The fourth-order valence-electron chi connectivity index (χ4n) is 2.71. The molecule has 2 aliphatic rings. The molecule has 0 atom stereocenters. The van der Waals surface area contributed by atoms with Crippen molar-refractivity contribution in [3.8, 4) is 5.75 Å². The maximum absolute atomic E-state index is 12.2. The Labute approximate surface area is 129 Å². The Kier molecular flexibility index (Phi) is 4.46. The van der Waals surface area contributed by atoms with Gasteiger partial charge in [-0.05, 0) is 43.0 Å². The van der Waals surface area contributed by atoms with Crippen LogP contribution in [0, 0.1) is 0 Å². The second kappa shape index (κ2) is 6.68. The molecular weight excluding hydrogens is 284 g/mol.